The topological polar surface area (TPSA) is 81.6 Å². The number of anilines is 1. The Morgan fingerprint density at radius 2 is 1.97 bits per heavy atom. The molecule has 0 atom stereocenters. The van der Waals surface area contributed by atoms with Crippen LogP contribution in [-0.2, 0) is 6.42 Å². The fraction of sp³-hybridized carbons (Fsp3) is 0.542. The molecule has 7 nitrogen and oxygen atoms in total. The molecule has 0 aromatic carbocycles. The smallest absolute Gasteiger partial charge is 0.254 e. The highest BCUT2D eigenvalue weighted by Crippen LogP contribution is 2.32. The highest BCUT2D eigenvalue weighted by Gasteiger charge is 2.29. The predicted molar refractivity (Wildman–Crippen MR) is 134 cm³/mol. The molecule has 3 aromatic rings. The number of aliphatic hydroxyl groups is 1. The number of nitrogens with one attached hydrogen (secondary N) is 1. The van der Waals surface area contributed by atoms with E-state index in [4.69, 9.17) is 9.97 Å². The van der Waals surface area contributed by atoms with Crippen molar-refractivity contribution in [2.75, 3.05) is 38.5 Å². The fourth-order valence-electron chi connectivity index (χ4n) is 4.60. The Hall–Kier alpha value is -2.07. The molecule has 3 aromatic heterocycles. The maximum atomic E-state index is 12.9. The van der Waals surface area contributed by atoms with Crippen LogP contribution in [0, 0.1) is 0 Å². The highest BCUT2D eigenvalue weighted by atomic mass is 32.1. The molecule has 33 heavy (non-hydrogen) atoms. The van der Waals surface area contributed by atoms with Gasteiger partial charge in [0.05, 0.1) is 21.4 Å². The summed E-state index contributed by atoms with van der Waals surface area (Å²) in [6.07, 6.45) is 4.08. The first kappa shape index (κ1) is 22.7. The summed E-state index contributed by atoms with van der Waals surface area (Å²) in [6.45, 7) is 5.33. The van der Waals surface area contributed by atoms with Gasteiger partial charge < -0.3 is 20.2 Å². The molecule has 2 fully saturated rings. The monoisotopic (exact) mass is 485 g/mol. The third-order valence-electron chi connectivity index (χ3n) is 6.78. The van der Waals surface area contributed by atoms with Crippen LogP contribution in [0.1, 0.15) is 53.7 Å². The number of carbonyl (C=O) groups excluding carboxylic acids is 1. The minimum Gasteiger partial charge on any atom is -0.390 e. The Morgan fingerprint density at radius 1 is 1.21 bits per heavy atom. The van der Waals surface area contributed by atoms with Gasteiger partial charge in [0, 0.05) is 48.9 Å². The first-order chi connectivity index (χ1) is 15.9. The van der Waals surface area contributed by atoms with Gasteiger partial charge in [0.1, 0.15) is 11.6 Å². The van der Waals surface area contributed by atoms with Gasteiger partial charge >= 0.3 is 0 Å². The van der Waals surface area contributed by atoms with Crippen molar-refractivity contribution >= 4 is 44.6 Å². The van der Waals surface area contributed by atoms with Gasteiger partial charge in [-0.2, -0.15) is 0 Å². The van der Waals surface area contributed by atoms with E-state index in [0.717, 1.165) is 84.2 Å². The zero-order chi connectivity index (χ0) is 23.0. The molecule has 0 unspecified atom stereocenters. The van der Waals surface area contributed by atoms with Gasteiger partial charge in [-0.15, -0.1) is 22.7 Å². The molecule has 2 aliphatic rings. The molecule has 1 saturated heterocycles. The van der Waals surface area contributed by atoms with Crippen molar-refractivity contribution in [3.05, 3.63) is 39.2 Å². The van der Waals surface area contributed by atoms with Crippen LogP contribution in [0.25, 0.3) is 10.2 Å². The number of thiophene rings is 2. The number of piperazine rings is 1. The predicted octanol–water partition coefficient (Wildman–Crippen LogP) is 3.84. The number of carbonyl (C=O) groups is 1. The van der Waals surface area contributed by atoms with Crippen LogP contribution in [0.15, 0.2) is 22.9 Å². The molecule has 0 spiro atoms. The summed E-state index contributed by atoms with van der Waals surface area (Å²) in [5.41, 5.74) is 1.18. The van der Waals surface area contributed by atoms with Gasteiger partial charge in [0.2, 0.25) is 0 Å². The first-order valence-corrected chi connectivity index (χ1v) is 13.4. The Kier molecular flexibility index (Phi) is 6.39. The van der Waals surface area contributed by atoms with Gasteiger partial charge in [-0.3, -0.25) is 4.79 Å². The number of hydrogen-bond donors (Lipinski definition) is 2. The zero-order valence-corrected chi connectivity index (χ0v) is 20.8. The van der Waals surface area contributed by atoms with E-state index in [9.17, 15) is 9.90 Å². The lowest BCUT2D eigenvalue weighted by Crippen LogP contribution is -2.47. The number of amides is 1. The largest absolute Gasteiger partial charge is 0.390 e. The van der Waals surface area contributed by atoms with E-state index >= 15 is 0 Å². The van der Waals surface area contributed by atoms with Crippen molar-refractivity contribution in [1.29, 1.82) is 0 Å². The minimum absolute atomic E-state index is 0.121. The maximum absolute atomic E-state index is 12.9. The molecular weight excluding hydrogens is 454 g/mol. The molecule has 4 heterocycles. The Bertz CT molecular complexity index is 1120. The second-order valence-electron chi connectivity index (χ2n) is 9.61. The van der Waals surface area contributed by atoms with Gasteiger partial charge in [0.15, 0.2) is 0 Å². The quantitative estimate of drug-likeness (QED) is 0.572. The summed E-state index contributed by atoms with van der Waals surface area (Å²) >= 11 is 3.26. The second-order valence-corrected chi connectivity index (χ2v) is 11.5. The molecule has 9 heteroatoms. The molecule has 1 saturated carbocycles. The molecule has 0 bridgehead atoms. The van der Waals surface area contributed by atoms with Crippen LogP contribution in [-0.4, -0.2) is 75.7 Å². The standard InChI is InChI=1S/C24H31N5O2S2/c1-24(31)6-3-17(4-7-24)25-22-21-19(5-12-32-21)26-20(27-22)14-18-13-16(15-33-18)23(30)29-10-8-28(2)9-11-29/h5,12-13,15,17,31H,3-4,6-11,14H2,1-2H3,(H,25,26,27). The summed E-state index contributed by atoms with van der Waals surface area (Å²) in [6, 6.07) is 4.36. The van der Waals surface area contributed by atoms with E-state index < -0.39 is 5.60 Å². The van der Waals surface area contributed by atoms with Crippen molar-refractivity contribution < 1.29 is 9.90 Å². The Morgan fingerprint density at radius 3 is 2.73 bits per heavy atom. The lowest BCUT2D eigenvalue weighted by molar-refractivity contribution is 0.0196. The summed E-state index contributed by atoms with van der Waals surface area (Å²) in [5, 5.41) is 17.9. The van der Waals surface area contributed by atoms with Crippen LogP contribution >= 0.6 is 22.7 Å². The van der Waals surface area contributed by atoms with Crippen LogP contribution < -0.4 is 5.32 Å². The number of rotatable bonds is 5. The average Bonchev–Trinajstić information content (AvgIpc) is 3.45. The molecule has 176 valence electrons. The summed E-state index contributed by atoms with van der Waals surface area (Å²) < 4.78 is 1.08. The minimum atomic E-state index is -0.550. The Labute approximate surface area is 202 Å². The first-order valence-electron chi connectivity index (χ1n) is 11.6. The summed E-state index contributed by atoms with van der Waals surface area (Å²) in [5.74, 6) is 1.78. The van der Waals surface area contributed by atoms with E-state index in [1.54, 1.807) is 22.7 Å². The maximum Gasteiger partial charge on any atom is 0.254 e. The molecule has 2 N–H and O–H groups in total. The van der Waals surface area contributed by atoms with Gasteiger partial charge in [-0.25, -0.2) is 9.97 Å². The van der Waals surface area contributed by atoms with Crippen LogP contribution in [0.3, 0.4) is 0 Å². The van der Waals surface area contributed by atoms with Gasteiger partial charge in [-0.1, -0.05) is 0 Å². The summed E-state index contributed by atoms with van der Waals surface area (Å²) in [4.78, 5) is 27.9. The zero-order valence-electron chi connectivity index (χ0n) is 19.2. The number of likely N-dealkylation sites (N-methyl/N-ethyl adjacent to an activating group) is 1. The third-order valence-corrected chi connectivity index (χ3v) is 8.62. The molecular formula is C24H31N5O2S2. The second kappa shape index (κ2) is 9.29. The van der Waals surface area contributed by atoms with Crippen LogP contribution in [0.2, 0.25) is 0 Å². The highest BCUT2D eigenvalue weighted by molar-refractivity contribution is 7.17. The molecule has 1 aliphatic heterocycles. The SMILES string of the molecule is CN1CCN(C(=O)c2csc(Cc3nc(NC4CCC(C)(O)CC4)c4sccc4n3)c2)CC1. The van der Waals surface area contributed by atoms with Gasteiger partial charge in [0.25, 0.3) is 5.91 Å². The third kappa shape index (κ3) is 5.21. The van der Waals surface area contributed by atoms with E-state index in [2.05, 4.69) is 22.6 Å². The molecule has 0 radical (unpaired) electrons. The van der Waals surface area contributed by atoms with Crippen LogP contribution in [0.4, 0.5) is 5.82 Å². The van der Waals surface area contributed by atoms with E-state index in [-0.39, 0.29) is 5.91 Å². The van der Waals surface area contributed by atoms with Crippen molar-refractivity contribution in [1.82, 2.24) is 19.8 Å². The number of nitrogens with zero attached hydrogens (tertiary/aromatic N) is 4. The van der Waals surface area contributed by atoms with Crippen molar-refractivity contribution in [3.63, 3.8) is 0 Å². The lowest BCUT2D eigenvalue weighted by atomic mass is 9.84. The van der Waals surface area contributed by atoms with E-state index in [1.807, 2.05) is 29.3 Å². The number of aromatic nitrogens is 2. The summed E-state index contributed by atoms with van der Waals surface area (Å²) in [7, 11) is 2.09. The molecule has 1 amide bonds. The molecule has 5 rings (SSSR count). The Balaban J connectivity index is 1.30. The molecule has 1 aliphatic carbocycles. The van der Waals surface area contributed by atoms with Crippen LogP contribution in [0.5, 0.6) is 0 Å². The van der Waals surface area contributed by atoms with E-state index in [1.165, 1.54) is 0 Å². The van der Waals surface area contributed by atoms with Crippen molar-refractivity contribution in [2.45, 2.75) is 50.7 Å². The van der Waals surface area contributed by atoms with Crippen molar-refractivity contribution in [2.24, 2.45) is 0 Å². The van der Waals surface area contributed by atoms with Gasteiger partial charge in [-0.05, 0) is 57.2 Å². The normalized spacial score (nSPS) is 24.3. The lowest BCUT2D eigenvalue weighted by Gasteiger charge is -2.33. The number of fused-ring (bicyclic) bond motifs is 1. The van der Waals surface area contributed by atoms with Crippen molar-refractivity contribution in [3.8, 4) is 0 Å². The fourth-order valence-corrected chi connectivity index (χ4v) is 6.24. The number of hydrogen-bond acceptors (Lipinski definition) is 8. The van der Waals surface area contributed by atoms with E-state index in [0.29, 0.717) is 12.5 Å². The average molecular weight is 486 g/mol.